The summed E-state index contributed by atoms with van der Waals surface area (Å²) in [5.74, 6) is 0.467. The molecule has 23 heavy (non-hydrogen) atoms. The Morgan fingerprint density at radius 2 is 2.04 bits per heavy atom. The Morgan fingerprint density at radius 1 is 1.22 bits per heavy atom. The van der Waals surface area contributed by atoms with Crippen LogP contribution in [0.3, 0.4) is 0 Å². The van der Waals surface area contributed by atoms with Gasteiger partial charge in [-0.2, -0.15) is 0 Å². The van der Waals surface area contributed by atoms with Crippen LogP contribution >= 0.6 is 22.7 Å². The van der Waals surface area contributed by atoms with E-state index in [0.29, 0.717) is 4.88 Å². The molecule has 3 aromatic rings. The first-order valence-corrected chi connectivity index (χ1v) is 8.68. The number of hydrogen-bond acceptors (Lipinski definition) is 6. The molecule has 0 saturated carbocycles. The van der Waals surface area contributed by atoms with Crippen molar-refractivity contribution in [3.8, 4) is 16.3 Å². The zero-order valence-corrected chi connectivity index (χ0v) is 14.4. The summed E-state index contributed by atoms with van der Waals surface area (Å²) in [6.07, 6.45) is 0. The van der Waals surface area contributed by atoms with Gasteiger partial charge in [0.25, 0.3) is 0 Å². The van der Waals surface area contributed by atoms with E-state index in [1.54, 1.807) is 13.2 Å². The van der Waals surface area contributed by atoms with Crippen molar-refractivity contribution in [3.05, 3.63) is 57.2 Å². The molecule has 0 bridgehead atoms. The third-order valence-electron chi connectivity index (χ3n) is 3.18. The van der Waals surface area contributed by atoms with Gasteiger partial charge in [0.1, 0.15) is 22.2 Å². The largest absolute Gasteiger partial charge is 0.496 e. The molecule has 3 rings (SSSR count). The molecule has 0 unspecified atom stereocenters. The number of aromatic nitrogens is 1. The van der Waals surface area contributed by atoms with Gasteiger partial charge in [0.2, 0.25) is 0 Å². The predicted molar refractivity (Wildman–Crippen MR) is 92.3 cm³/mol. The molecule has 0 radical (unpaired) electrons. The van der Waals surface area contributed by atoms with Crippen molar-refractivity contribution in [2.24, 2.45) is 0 Å². The normalized spacial score (nSPS) is 10.5. The van der Waals surface area contributed by atoms with Gasteiger partial charge in [-0.15, -0.1) is 22.7 Å². The van der Waals surface area contributed by atoms with Crippen LogP contribution in [0.15, 0.2) is 41.8 Å². The lowest BCUT2D eigenvalue weighted by molar-refractivity contribution is 0.0474. The fraction of sp³-hybridized carbons (Fsp3) is 0.176. The monoisotopic (exact) mass is 345 g/mol. The highest BCUT2D eigenvalue weighted by Gasteiger charge is 2.13. The number of methoxy groups -OCH3 is 1. The number of ether oxygens (including phenoxy) is 2. The molecular formula is C17H15NO3S2. The lowest BCUT2D eigenvalue weighted by Crippen LogP contribution is -2.03. The number of nitrogens with zero attached hydrogens (tertiary/aromatic N) is 1. The summed E-state index contributed by atoms with van der Waals surface area (Å²) in [7, 11) is 1.64. The van der Waals surface area contributed by atoms with E-state index in [1.807, 2.05) is 42.6 Å². The van der Waals surface area contributed by atoms with E-state index in [1.165, 1.54) is 22.7 Å². The molecule has 0 aliphatic rings. The van der Waals surface area contributed by atoms with Crippen LogP contribution < -0.4 is 4.74 Å². The minimum absolute atomic E-state index is 0.168. The number of benzene rings is 1. The molecular weight excluding hydrogens is 330 g/mol. The minimum atomic E-state index is -0.310. The molecule has 1 aromatic carbocycles. The number of carbonyl (C=O) groups is 1. The minimum Gasteiger partial charge on any atom is -0.496 e. The van der Waals surface area contributed by atoms with Crippen LogP contribution in [-0.4, -0.2) is 18.1 Å². The third kappa shape index (κ3) is 3.60. The zero-order chi connectivity index (χ0) is 16.2. The van der Waals surface area contributed by atoms with Crippen LogP contribution in [0.2, 0.25) is 0 Å². The molecule has 0 aliphatic carbocycles. The average molecular weight is 345 g/mol. The Bertz CT molecular complexity index is 823. The van der Waals surface area contributed by atoms with Crippen LogP contribution in [0.1, 0.15) is 20.2 Å². The van der Waals surface area contributed by atoms with Crippen LogP contribution in [0.5, 0.6) is 5.75 Å². The molecule has 0 atom stereocenters. The predicted octanol–water partition coefficient (Wildman–Crippen LogP) is 4.55. The first-order chi connectivity index (χ1) is 11.2. The standard InChI is InChI=1S/C17H15NO3S2/c1-11-7-8-15(23-11)17(19)21-9-12-10-22-16(18-12)13-5-3-4-6-14(13)20-2/h3-8,10H,9H2,1-2H3. The van der Waals surface area contributed by atoms with E-state index in [4.69, 9.17) is 9.47 Å². The van der Waals surface area contributed by atoms with Gasteiger partial charge in [0.15, 0.2) is 0 Å². The van der Waals surface area contributed by atoms with Crippen molar-refractivity contribution in [1.82, 2.24) is 4.98 Å². The van der Waals surface area contributed by atoms with Crippen molar-refractivity contribution in [3.63, 3.8) is 0 Å². The lowest BCUT2D eigenvalue weighted by Gasteiger charge is -2.04. The van der Waals surface area contributed by atoms with Gasteiger partial charge in [-0.25, -0.2) is 9.78 Å². The Balaban J connectivity index is 1.69. The van der Waals surface area contributed by atoms with Crippen LogP contribution in [0.25, 0.3) is 10.6 Å². The number of esters is 1. The van der Waals surface area contributed by atoms with E-state index in [2.05, 4.69) is 4.98 Å². The first-order valence-electron chi connectivity index (χ1n) is 6.98. The molecule has 0 spiro atoms. The summed E-state index contributed by atoms with van der Waals surface area (Å²) in [6, 6.07) is 11.4. The van der Waals surface area contributed by atoms with Gasteiger partial charge in [-0.3, -0.25) is 0 Å². The lowest BCUT2D eigenvalue weighted by atomic mass is 10.2. The number of rotatable bonds is 5. The van der Waals surface area contributed by atoms with Gasteiger partial charge in [-0.05, 0) is 31.2 Å². The summed E-state index contributed by atoms with van der Waals surface area (Å²) in [5.41, 5.74) is 1.67. The van der Waals surface area contributed by atoms with Crippen molar-refractivity contribution in [2.45, 2.75) is 13.5 Å². The summed E-state index contributed by atoms with van der Waals surface area (Å²) >= 11 is 2.93. The average Bonchev–Trinajstić information content (AvgIpc) is 3.21. The van der Waals surface area contributed by atoms with Crippen LogP contribution in [0.4, 0.5) is 0 Å². The molecule has 0 N–H and O–H groups in total. The summed E-state index contributed by atoms with van der Waals surface area (Å²) in [5, 5.41) is 2.75. The van der Waals surface area contributed by atoms with Gasteiger partial charge in [0, 0.05) is 10.3 Å². The number of carbonyl (C=O) groups excluding carboxylic acids is 1. The topological polar surface area (TPSA) is 48.4 Å². The van der Waals surface area contributed by atoms with Crippen molar-refractivity contribution in [2.75, 3.05) is 7.11 Å². The van der Waals surface area contributed by atoms with Gasteiger partial charge >= 0.3 is 5.97 Å². The smallest absolute Gasteiger partial charge is 0.348 e. The van der Waals surface area contributed by atoms with Crippen molar-refractivity contribution < 1.29 is 14.3 Å². The van der Waals surface area contributed by atoms with Crippen molar-refractivity contribution >= 4 is 28.6 Å². The molecule has 4 nitrogen and oxygen atoms in total. The second-order valence-electron chi connectivity index (χ2n) is 4.83. The van der Waals surface area contributed by atoms with Gasteiger partial charge in [0.05, 0.1) is 18.4 Å². The van der Waals surface area contributed by atoms with E-state index in [0.717, 1.165) is 26.9 Å². The highest BCUT2D eigenvalue weighted by atomic mass is 32.1. The highest BCUT2D eigenvalue weighted by Crippen LogP contribution is 2.32. The maximum atomic E-state index is 12.0. The molecule has 0 fully saturated rings. The Kier molecular flexibility index (Phi) is 4.73. The quantitative estimate of drug-likeness (QED) is 0.637. The van der Waals surface area contributed by atoms with E-state index >= 15 is 0 Å². The molecule has 6 heteroatoms. The second-order valence-corrected chi connectivity index (χ2v) is 6.98. The maximum Gasteiger partial charge on any atom is 0.348 e. The van der Waals surface area contributed by atoms with Gasteiger partial charge < -0.3 is 9.47 Å². The van der Waals surface area contributed by atoms with E-state index in [9.17, 15) is 4.79 Å². The molecule has 2 aromatic heterocycles. The molecule has 0 saturated heterocycles. The summed E-state index contributed by atoms with van der Waals surface area (Å²) < 4.78 is 10.7. The fourth-order valence-electron chi connectivity index (χ4n) is 2.07. The van der Waals surface area contributed by atoms with E-state index in [-0.39, 0.29) is 12.6 Å². The number of thiophene rings is 1. The fourth-order valence-corrected chi connectivity index (χ4v) is 3.67. The van der Waals surface area contributed by atoms with Crippen LogP contribution in [-0.2, 0) is 11.3 Å². The Labute approximate surface area is 142 Å². The summed E-state index contributed by atoms with van der Waals surface area (Å²) in [4.78, 5) is 18.2. The summed E-state index contributed by atoms with van der Waals surface area (Å²) in [6.45, 7) is 2.13. The van der Waals surface area contributed by atoms with E-state index < -0.39 is 0 Å². The first kappa shape index (κ1) is 15.7. The third-order valence-corrected chi connectivity index (χ3v) is 5.09. The number of aryl methyl sites for hydroxylation is 1. The highest BCUT2D eigenvalue weighted by molar-refractivity contribution is 7.14. The Hall–Kier alpha value is -2.18. The van der Waals surface area contributed by atoms with Crippen LogP contribution in [0, 0.1) is 6.92 Å². The maximum absolute atomic E-state index is 12.0. The zero-order valence-electron chi connectivity index (χ0n) is 12.7. The number of thiazole rings is 1. The Morgan fingerprint density at radius 3 is 2.78 bits per heavy atom. The SMILES string of the molecule is COc1ccccc1-c1nc(COC(=O)c2ccc(C)s2)cs1. The molecule has 0 amide bonds. The molecule has 2 heterocycles. The molecule has 118 valence electrons. The number of para-hydroxylation sites is 1. The van der Waals surface area contributed by atoms with Crippen molar-refractivity contribution in [1.29, 1.82) is 0 Å². The second kappa shape index (κ2) is 6.93. The molecule has 0 aliphatic heterocycles. The number of hydrogen-bond donors (Lipinski definition) is 0. The van der Waals surface area contributed by atoms with Gasteiger partial charge in [-0.1, -0.05) is 12.1 Å².